The van der Waals surface area contributed by atoms with Crippen LogP contribution in [0, 0.1) is 0 Å². The summed E-state index contributed by atoms with van der Waals surface area (Å²) < 4.78 is 47.4. The first-order valence-electron chi connectivity index (χ1n) is 8.70. The van der Waals surface area contributed by atoms with Crippen molar-refractivity contribution in [1.82, 2.24) is 4.72 Å². The molecule has 1 amide bonds. The summed E-state index contributed by atoms with van der Waals surface area (Å²) in [7, 11) is 1.81. The summed E-state index contributed by atoms with van der Waals surface area (Å²) in [6.07, 6.45) is 3.78. The van der Waals surface area contributed by atoms with Gasteiger partial charge in [0.15, 0.2) is 0 Å². The van der Waals surface area contributed by atoms with Gasteiger partial charge in [-0.2, -0.15) is 0 Å². The molecule has 2 aromatic carbocycles. The number of sulfonamides is 1. The largest absolute Gasteiger partial charge is 0.496 e. The maximum absolute atomic E-state index is 12.3. The smallest absolute Gasteiger partial charge is 0.257 e. The molecule has 0 aliphatic rings. The van der Waals surface area contributed by atoms with Gasteiger partial charge in [-0.1, -0.05) is 12.1 Å². The first kappa shape index (κ1) is 22.8. The fourth-order valence-electron chi connectivity index (χ4n) is 2.61. The van der Waals surface area contributed by atoms with Crippen LogP contribution in [0.5, 0.6) is 23.0 Å². The van der Waals surface area contributed by atoms with Gasteiger partial charge in [0, 0.05) is 6.08 Å². The highest BCUT2D eigenvalue weighted by atomic mass is 32.2. The van der Waals surface area contributed by atoms with Crippen LogP contribution in [0.15, 0.2) is 47.9 Å². The van der Waals surface area contributed by atoms with Crippen LogP contribution in [0.2, 0.25) is 0 Å². The topological polar surface area (TPSA) is 100 Å². The molecule has 2 aromatic rings. The molecule has 0 aliphatic heterocycles. The Morgan fingerprint density at radius 2 is 1.17 bits per heavy atom. The molecule has 8 nitrogen and oxygen atoms in total. The Kier molecular flexibility index (Phi) is 7.88. The van der Waals surface area contributed by atoms with E-state index in [2.05, 4.69) is 0 Å². The number of methoxy groups -OCH3 is 4. The van der Waals surface area contributed by atoms with Crippen LogP contribution >= 0.6 is 0 Å². The molecule has 0 saturated carbocycles. The summed E-state index contributed by atoms with van der Waals surface area (Å²) in [5.74, 6) is 0.971. The number of ether oxygens (including phenoxy) is 4. The Hall–Kier alpha value is -3.46. The van der Waals surface area contributed by atoms with Gasteiger partial charge >= 0.3 is 0 Å². The first-order valence-corrected chi connectivity index (χ1v) is 10.2. The van der Waals surface area contributed by atoms with Gasteiger partial charge in [0.2, 0.25) is 0 Å². The second kappa shape index (κ2) is 10.4. The van der Waals surface area contributed by atoms with E-state index in [1.165, 1.54) is 40.6 Å². The van der Waals surface area contributed by atoms with Gasteiger partial charge < -0.3 is 18.9 Å². The summed E-state index contributed by atoms with van der Waals surface area (Å²) in [5.41, 5.74) is 0.930. The summed E-state index contributed by atoms with van der Waals surface area (Å²) in [6.45, 7) is 0. The van der Waals surface area contributed by atoms with Gasteiger partial charge in [-0.05, 0) is 36.4 Å². The summed E-state index contributed by atoms with van der Waals surface area (Å²) in [5, 5.41) is 0.864. The van der Waals surface area contributed by atoms with E-state index in [-0.39, 0.29) is 0 Å². The van der Waals surface area contributed by atoms with Crippen molar-refractivity contribution in [2.75, 3.05) is 28.4 Å². The van der Waals surface area contributed by atoms with Crippen LogP contribution in [0.4, 0.5) is 0 Å². The van der Waals surface area contributed by atoms with E-state index in [9.17, 15) is 13.2 Å². The first-order chi connectivity index (χ1) is 14.3. The Balaban J connectivity index is 2.20. The van der Waals surface area contributed by atoms with Crippen molar-refractivity contribution >= 4 is 28.1 Å². The van der Waals surface area contributed by atoms with Crippen LogP contribution in [0.3, 0.4) is 0 Å². The molecule has 0 aliphatic carbocycles. The van der Waals surface area contributed by atoms with Crippen molar-refractivity contribution in [3.8, 4) is 23.0 Å². The third-order valence-corrected chi connectivity index (χ3v) is 4.97. The molecule has 160 valence electrons. The summed E-state index contributed by atoms with van der Waals surface area (Å²) >= 11 is 0. The Morgan fingerprint density at radius 3 is 1.57 bits per heavy atom. The predicted octanol–water partition coefficient (Wildman–Crippen LogP) is 2.85. The predicted molar refractivity (Wildman–Crippen MR) is 114 cm³/mol. The lowest BCUT2D eigenvalue weighted by Gasteiger charge is -2.10. The van der Waals surface area contributed by atoms with Crippen molar-refractivity contribution < 1.29 is 32.2 Å². The van der Waals surface area contributed by atoms with E-state index < -0.39 is 15.9 Å². The van der Waals surface area contributed by atoms with E-state index in [0.717, 1.165) is 11.5 Å². The van der Waals surface area contributed by atoms with Crippen LogP contribution in [0.1, 0.15) is 11.1 Å². The zero-order valence-electron chi connectivity index (χ0n) is 17.0. The number of amides is 1. The molecule has 0 heterocycles. The number of carbonyl (C=O) groups is 1. The maximum atomic E-state index is 12.3. The number of hydrogen-bond donors (Lipinski definition) is 1. The second-order valence-corrected chi connectivity index (χ2v) is 7.37. The molecule has 0 spiro atoms. The van der Waals surface area contributed by atoms with E-state index in [4.69, 9.17) is 18.9 Å². The molecule has 0 fully saturated rings. The summed E-state index contributed by atoms with van der Waals surface area (Å²) in [6, 6.07) is 10.2. The molecule has 9 heteroatoms. The van der Waals surface area contributed by atoms with Crippen molar-refractivity contribution in [1.29, 1.82) is 0 Å². The van der Waals surface area contributed by atoms with Gasteiger partial charge in [-0.15, -0.1) is 0 Å². The van der Waals surface area contributed by atoms with E-state index in [1.807, 2.05) is 4.72 Å². The fraction of sp³-hybridized carbons (Fsp3) is 0.190. The molecular formula is C21H23NO7S. The zero-order chi connectivity index (χ0) is 22.1. The molecule has 0 bridgehead atoms. The Labute approximate surface area is 175 Å². The zero-order valence-corrected chi connectivity index (χ0v) is 17.9. The van der Waals surface area contributed by atoms with Crippen molar-refractivity contribution in [2.24, 2.45) is 0 Å². The third kappa shape index (κ3) is 5.77. The third-order valence-electron chi connectivity index (χ3n) is 3.99. The van der Waals surface area contributed by atoms with E-state index >= 15 is 0 Å². The van der Waals surface area contributed by atoms with Gasteiger partial charge in [-0.3, -0.25) is 4.79 Å². The number of carbonyl (C=O) groups excluding carboxylic acids is 1. The van der Waals surface area contributed by atoms with Crippen LogP contribution in [-0.2, 0) is 14.8 Å². The molecule has 0 radical (unpaired) electrons. The standard InChI is InChI=1S/C21H23NO7S/c1-26-17-7-5-8-18(27-2)15(17)11-12-21(23)22-30(24,25)14-13-16-19(28-3)9-6-10-20(16)29-4/h5-14H,1-4H3,(H,22,23)/b12-11-,14-13+. The maximum Gasteiger partial charge on any atom is 0.257 e. The molecule has 30 heavy (non-hydrogen) atoms. The average molecular weight is 433 g/mol. The number of nitrogens with one attached hydrogen (secondary N) is 1. The molecule has 2 rings (SSSR count). The lowest BCUT2D eigenvalue weighted by molar-refractivity contribution is -0.114. The minimum absolute atomic E-state index is 0.426. The van der Waals surface area contributed by atoms with Crippen LogP contribution < -0.4 is 23.7 Å². The van der Waals surface area contributed by atoms with Gasteiger partial charge in [0.25, 0.3) is 15.9 Å². The summed E-state index contributed by atoms with van der Waals surface area (Å²) in [4.78, 5) is 12.1. The highest BCUT2D eigenvalue weighted by molar-refractivity contribution is 7.93. The number of benzene rings is 2. The van der Waals surface area contributed by atoms with Crippen LogP contribution in [0.25, 0.3) is 12.2 Å². The van der Waals surface area contributed by atoms with Crippen molar-refractivity contribution in [3.63, 3.8) is 0 Å². The van der Waals surface area contributed by atoms with Crippen molar-refractivity contribution in [2.45, 2.75) is 0 Å². The SMILES string of the molecule is COc1cccc(OC)c1/C=C\C(=O)NS(=O)(=O)/C=C/c1c(OC)cccc1OC. The Morgan fingerprint density at radius 1 is 0.767 bits per heavy atom. The lowest BCUT2D eigenvalue weighted by atomic mass is 10.1. The normalized spacial score (nSPS) is 11.5. The monoisotopic (exact) mass is 433 g/mol. The molecular weight excluding hydrogens is 410 g/mol. The van der Waals surface area contributed by atoms with Gasteiger partial charge in [0.05, 0.1) is 45.0 Å². The highest BCUT2D eigenvalue weighted by Gasteiger charge is 2.13. The van der Waals surface area contributed by atoms with Crippen LogP contribution in [-0.4, -0.2) is 42.8 Å². The second-order valence-electron chi connectivity index (χ2n) is 5.80. The quantitative estimate of drug-likeness (QED) is 0.607. The Bertz CT molecular complexity index is 1010. The molecule has 1 N–H and O–H groups in total. The molecule has 0 aromatic heterocycles. The van der Waals surface area contributed by atoms with Gasteiger partial charge in [0.1, 0.15) is 23.0 Å². The van der Waals surface area contributed by atoms with E-state index in [0.29, 0.717) is 34.1 Å². The average Bonchev–Trinajstić information content (AvgIpc) is 2.75. The highest BCUT2D eigenvalue weighted by Crippen LogP contribution is 2.30. The minimum Gasteiger partial charge on any atom is -0.496 e. The fourth-order valence-corrected chi connectivity index (χ4v) is 3.34. The van der Waals surface area contributed by atoms with Gasteiger partial charge in [-0.25, -0.2) is 13.1 Å². The minimum atomic E-state index is -4.07. The van der Waals surface area contributed by atoms with E-state index in [1.54, 1.807) is 36.4 Å². The van der Waals surface area contributed by atoms with Crippen molar-refractivity contribution in [3.05, 3.63) is 59.0 Å². The molecule has 0 atom stereocenters. The number of rotatable bonds is 9. The lowest BCUT2D eigenvalue weighted by Crippen LogP contribution is -2.26. The number of hydrogen-bond acceptors (Lipinski definition) is 7. The molecule has 0 saturated heterocycles. The molecule has 0 unspecified atom stereocenters.